The van der Waals surface area contributed by atoms with Gasteiger partial charge in [-0.25, -0.2) is 4.79 Å². The number of amides is 2. The van der Waals surface area contributed by atoms with Crippen molar-refractivity contribution in [2.24, 2.45) is 0 Å². The van der Waals surface area contributed by atoms with Crippen LogP contribution in [0.25, 0.3) is 0 Å². The number of phenols is 1. The highest BCUT2D eigenvalue weighted by Crippen LogP contribution is 2.22. The van der Waals surface area contributed by atoms with E-state index in [2.05, 4.69) is 16.0 Å². The largest absolute Gasteiger partial charge is 0.508 e. The monoisotopic (exact) mass is 435 g/mol. The van der Waals surface area contributed by atoms with Crippen LogP contribution in [0.4, 0.5) is 10.5 Å². The second kappa shape index (κ2) is 11.9. The lowest BCUT2D eigenvalue weighted by Crippen LogP contribution is -2.28. The Morgan fingerprint density at radius 1 is 0.938 bits per heavy atom. The predicted octanol–water partition coefficient (Wildman–Crippen LogP) is 3.07. The molecule has 0 aliphatic heterocycles. The first kappa shape index (κ1) is 23.3. The molecule has 3 rings (SSSR count). The Balaban J connectivity index is 1.42. The lowest BCUT2D eigenvalue weighted by molar-refractivity contribution is 0.174. The van der Waals surface area contributed by atoms with Gasteiger partial charge in [-0.05, 0) is 53.9 Å². The van der Waals surface area contributed by atoms with Gasteiger partial charge in [0.15, 0.2) is 0 Å². The van der Waals surface area contributed by atoms with E-state index in [1.54, 1.807) is 12.1 Å². The van der Waals surface area contributed by atoms with E-state index in [9.17, 15) is 20.1 Å². The summed E-state index contributed by atoms with van der Waals surface area (Å²) in [5.74, 6) is 0.0126. The van der Waals surface area contributed by atoms with Crippen LogP contribution in [0.2, 0.25) is 0 Å². The van der Waals surface area contributed by atoms with Crippen LogP contribution >= 0.6 is 0 Å². The van der Waals surface area contributed by atoms with Gasteiger partial charge in [-0.1, -0.05) is 48.5 Å². The number of carbonyl (C=O) groups excluding carboxylic acids is 1. The van der Waals surface area contributed by atoms with Gasteiger partial charge < -0.3 is 31.3 Å². The molecule has 6 N–H and O–H groups in total. The fraction of sp³-hybridized carbons (Fsp3) is 0.240. The molecule has 0 spiro atoms. The van der Waals surface area contributed by atoms with Crippen molar-refractivity contribution >= 4 is 11.7 Å². The molecule has 0 bridgehead atoms. The quantitative estimate of drug-likeness (QED) is 0.274. The molecule has 0 aliphatic rings. The number of urea groups is 1. The normalized spacial score (nSPS) is 11.7. The van der Waals surface area contributed by atoms with E-state index in [-0.39, 0.29) is 18.4 Å². The Morgan fingerprint density at radius 2 is 1.72 bits per heavy atom. The maximum atomic E-state index is 12.1. The zero-order valence-electron chi connectivity index (χ0n) is 17.8. The number of rotatable bonds is 10. The molecule has 1 atom stereocenters. The Morgan fingerprint density at radius 3 is 2.50 bits per heavy atom. The number of aliphatic hydroxyl groups is 2. The molecule has 0 saturated heterocycles. The third kappa shape index (κ3) is 7.09. The van der Waals surface area contributed by atoms with Crippen LogP contribution in [-0.4, -0.2) is 34.4 Å². The minimum absolute atomic E-state index is 0.0126. The summed E-state index contributed by atoms with van der Waals surface area (Å²) >= 11 is 0. The SMILES string of the molecule is O=C(NCc1ccccc1)Nc1cccc(CCNCC(O)c2ccc(O)c(CO)c2)c1. The first-order valence-corrected chi connectivity index (χ1v) is 10.5. The van der Waals surface area contributed by atoms with Gasteiger partial charge in [-0.15, -0.1) is 0 Å². The molecule has 0 aliphatic carbocycles. The van der Waals surface area contributed by atoms with E-state index >= 15 is 0 Å². The van der Waals surface area contributed by atoms with Crippen molar-refractivity contribution < 1.29 is 20.1 Å². The van der Waals surface area contributed by atoms with Crippen LogP contribution in [0.5, 0.6) is 5.75 Å². The van der Waals surface area contributed by atoms with Crippen molar-refractivity contribution in [1.29, 1.82) is 0 Å². The molecule has 2 amide bonds. The van der Waals surface area contributed by atoms with Gasteiger partial charge in [-0.3, -0.25) is 0 Å². The number of nitrogens with one attached hydrogen (secondary N) is 3. The van der Waals surface area contributed by atoms with Gasteiger partial charge in [0.2, 0.25) is 0 Å². The number of benzene rings is 3. The van der Waals surface area contributed by atoms with Crippen LogP contribution in [0.3, 0.4) is 0 Å². The molecule has 32 heavy (non-hydrogen) atoms. The maximum absolute atomic E-state index is 12.1. The molecule has 3 aromatic rings. The average molecular weight is 436 g/mol. The minimum Gasteiger partial charge on any atom is -0.508 e. The van der Waals surface area contributed by atoms with Gasteiger partial charge >= 0.3 is 6.03 Å². The molecule has 1 unspecified atom stereocenters. The van der Waals surface area contributed by atoms with Crippen molar-refractivity contribution in [2.75, 3.05) is 18.4 Å². The van der Waals surface area contributed by atoms with E-state index in [0.717, 1.165) is 17.5 Å². The van der Waals surface area contributed by atoms with Gasteiger partial charge in [0.25, 0.3) is 0 Å². The van der Waals surface area contributed by atoms with Crippen LogP contribution in [-0.2, 0) is 19.6 Å². The second-order valence-corrected chi connectivity index (χ2v) is 7.51. The van der Waals surface area contributed by atoms with E-state index in [4.69, 9.17) is 0 Å². The first-order valence-electron chi connectivity index (χ1n) is 10.5. The number of anilines is 1. The highest BCUT2D eigenvalue weighted by atomic mass is 16.3. The van der Waals surface area contributed by atoms with Gasteiger partial charge in [0.1, 0.15) is 5.75 Å². The Hall–Kier alpha value is -3.39. The molecule has 0 radical (unpaired) electrons. The standard InChI is InChI=1S/C25H29N3O4/c29-17-21-14-20(9-10-23(21)30)24(31)16-26-12-11-18-7-4-8-22(13-18)28-25(32)27-15-19-5-2-1-3-6-19/h1-10,13-14,24,26,29-31H,11-12,15-17H2,(H2,27,28,32). The molecule has 0 fully saturated rings. The highest BCUT2D eigenvalue weighted by molar-refractivity contribution is 5.89. The fourth-order valence-corrected chi connectivity index (χ4v) is 3.29. The molecule has 0 saturated carbocycles. The van der Waals surface area contributed by atoms with E-state index in [1.807, 2.05) is 54.6 Å². The predicted molar refractivity (Wildman–Crippen MR) is 124 cm³/mol. The summed E-state index contributed by atoms with van der Waals surface area (Å²) in [6.45, 7) is 1.16. The van der Waals surface area contributed by atoms with Crippen LogP contribution in [0.15, 0.2) is 72.8 Å². The van der Waals surface area contributed by atoms with Crippen molar-refractivity contribution in [2.45, 2.75) is 25.7 Å². The number of hydrogen-bond acceptors (Lipinski definition) is 5. The molecule has 7 heteroatoms. The van der Waals surface area contributed by atoms with Crippen LogP contribution in [0.1, 0.15) is 28.4 Å². The van der Waals surface area contributed by atoms with Crippen molar-refractivity contribution in [3.05, 3.63) is 95.1 Å². The van der Waals surface area contributed by atoms with Gasteiger partial charge in [-0.2, -0.15) is 0 Å². The number of carbonyl (C=O) groups is 1. The fourth-order valence-electron chi connectivity index (χ4n) is 3.29. The lowest BCUT2D eigenvalue weighted by atomic mass is 10.1. The van der Waals surface area contributed by atoms with Gasteiger partial charge in [0.05, 0.1) is 12.7 Å². The molecular formula is C25H29N3O4. The summed E-state index contributed by atoms with van der Waals surface area (Å²) < 4.78 is 0. The van der Waals surface area contributed by atoms with Crippen molar-refractivity contribution in [3.63, 3.8) is 0 Å². The maximum Gasteiger partial charge on any atom is 0.319 e. The van der Waals surface area contributed by atoms with Gasteiger partial charge in [0, 0.05) is 24.3 Å². The van der Waals surface area contributed by atoms with Crippen molar-refractivity contribution in [1.82, 2.24) is 10.6 Å². The Kier molecular flexibility index (Phi) is 8.62. The Bertz CT molecular complexity index is 1010. The third-order valence-electron chi connectivity index (χ3n) is 5.07. The van der Waals surface area contributed by atoms with Crippen molar-refractivity contribution in [3.8, 4) is 5.75 Å². The average Bonchev–Trinajstić information content (AvgIpc) is 2.81. The number of hydrogen-bond donors (Lipinski definition) is 6. The third-order valence-corrected chi connectivity index (χ3v) is 5.07. The summed E-state index contributed by atoms with van der Waals surface area (Å²) in [7, 11) is 0. The highest BCUT2D eigenvalue weighted by Gasteiger charge is 2.10. The molecule has 7 nitrogen and oxygen atoms in total. The molecule has 0 heterocycles. The summed E-state index contributed by atoms with van der Waals surface area (Å²) in [5, 5.41) is 38.1. The number of aliphatic hydroxyl groups excluding tert-OH is 2. The molecule has 168 valence electrons. The summed E-state index contributed by atoms with van der Waals surface area (Å²) in [4.78, 5) is 12.1. The molecular weight excluding hydrogens is 406 g/mol. The van der Waals surface area contributed by atoms with E-state index in [0.29, 0.717) is 36.4 Å². The molecule has 3 aromatic carbocycles. The zero-order chi connectivity index (χ0) is 22.8. The lowest BCUT2D eigenvalue weighted by Gasteiger charge is -2.14. The van der Waals surface area contributed by atoms with Crippen LogP contribution < -0.4 is 16.0 Å². The minimum atomic E-state index is -0.748. The number of aromatic hydroxyl groups is 1. The zero-order valence-corrected chi connectivity index (χ0v) is 17.8. The van der Waals surface area contributed by atoms with E-state index in [1.165, 1.54) is 6.07 Å². The van der Waals surface area contributed by atoms with Crippen LogP contribution in [0, 0.1) is 0 Å². The summed E-state index contributed by atoms with van der Waals surface area (Å²) in [6, 6.07) is 21.8. The first-order chi connectivity index (χ1) is 15.5. The molecule has 0 aromatic heterocycles. The topological polar surface area (TPSA) is 114 Å². The second-order valence-electron chi connectivity index (χ2n) is 7.51. The summed E-state index contributed by atoms with van der Waals surface area (Å²) in [5.41, 5.74) is 3.82. The summed E-state index contributed by atoms with van der Waals surface area (Å²) in [6.07, 6.45) is -0.0204. The smallest absolute Gasteiger partial charge is 0.319 e. The van der Waals surface area contributed by atoms with E-state index < -0.39 is 6.10 Å². The Labute approximate surface area is 187 Å².